The van der Waals surface area contributed by atoms with Gasteiger partial charge in [0.1, 0.15) is 6.54 Å². The van der Waals surface area contributed by atoms with Crippen molar-refractivity contribution in [2.75, 3.05) is 10.8 Å². The number of imidazole rings is 1. The lowest BCUT2D eigenvalue weighted by Crippen LogP contribution is -2.35. The molecule has 138 valence electrons. The van der Waals surface area contributed by atoms with E-state index in [1.165, 1.54) is 21.4 Å². The maximum atomic E-state index is 12.9. The minimum absolute atomic E-state index is 0.0251. The third-order valence-corrected chi connectivity index (χ3v) is 6.75. The summed E-state index contributed by atoms with van der Waals surface area (Å²) < 4.78 is 28.8. The molecule has 26 heavy (non-hydrogen) atoms. The van der Waals surface area contributed by atoms with E-state index in [2.05, 4.69) is 10.3 Å². The summed E-state index contributed by atoms with van der Waals surface area (Å²) in [7, 11) is -3.72. The topological polar surface area (TPSA) is 84.3 Å². The van der Waals surface area contributed by atoms with Gasteiger partial charge in [-0.15, -0.1) is 0 Å². The van der Waals surface area contributed by atoms with Crippen LogP contribution in [0.2, 0.25) is 0 Å². The molecule has 7 nitrogen and oxygen atoms in total. The normalized spacial score (nSPS) is 17.5. The Hall–Kier alpha value is -2.35. The second-order valence-electron chi connectivity index (χ2n) is 6.89. The predicted octanol–water partition coefficient (Wildman–Crippen LogP) is 1.69. The summed E-state index contributed by atoms with van der Waals surface area (Å²) in [5.74, 6) is -0.107. The lowest BCUT2D eigenvalue weighted by Gasteiger charge is -2.17. The number of para-hydroxylation sites is 1. The van der Waals surface area contributed by atoms with Crippen molar-refractivity contribution in [2.45, 2.75) is 49.7 Å². The minimum atomic E-state index is -3.72. The largest absolute Gasteiger partial charge is 0.352 e. The van der Waals surface area contributed by atoms with Crippen molar-refractivity contribution in [2.24, 2.45) is 0 Å². The van der Waals surface area contributed by atoms with Crippen molar-refractivity contribution < 1.29 is 13.2 Å². The number of hydrogen-bond donors (Lipinski definition) is 1. The van der Waals surface area contributed by atoms with Crippen LogP contribution in [0.1, 0.15) is 31.2 Å². The zero-order chi connectivity index (χ0) is 18.1. The summed E-state index contributed by atoms with van der Waals surface area (Å²) in [6.07, 6.45) is 7.87. The smallest absolute Gasteiger partial charge is 0.283 e. The number of nitrogens with one attached hydrogen (secondary N) is 1. The molecular weight excluding hydrogens is 352 g/mol. The van der Waals surface area contributed by atoms with Crippen LogP contribution in [0.3, 0.4) is 0 Å². The summed E-state index contributed by atoms with van der Waals surface area (Å²) >= 11 is 0. The molecule has 1 aromatic carbocycles. The van der Waals surface area contributed by atoms with E-state index >= 15 is 0 Å². The van der Waals surface area contributed by atoms with Crippen LogP contribution in [0.25, 0.3) is 0 Å². The number of fused-ring (bicyclic) bond motifs is 1. The summed E-state index contributed by atoms with van der Waals surface area (Å²) in [6.45, 7) is 0.492. The van der Waals surface area contributed by atoms with Gasteiger partial charge in [-0.25, -0.2) is 4.98 Å². The van der Waals surface area contributed by atoms with Crippen molar-refractivity contribution in [1.29, 1.82) is 0 Å². The van der Waals surface area contributed by atoms with Crippen molar-refractivity contribution in [3.05, 3.63) is 42.4 Å². The van der Waals surface area contributed by atoms with Crippen molar-refractivity contribution >= 4 is 21.6 Å². The van der Waals surface area contributed by atoms with Gasteiger partial charge in [0.15, 0.2) is 5.03 Å². The molecule has 0 spiro atoms. The second-order valence-corrected chi connectivity index (χ2v) is 8.70. The van der Waals surface area contributed by atoms with E-state index < -0.39 is 10.0 Å². The molecule has 4 rings (SSSR count). The van der Waals surface area contributed by atoms with Gasteiger partial charge in [0, 0.05) is 18.8 Å². The van der Waals surface area contributed by atoms with Crippen LogP contribution in [-0.2, 0) is 27.8 Å². The fourth-order valence-electron chi connectivity index (χ4n) is 3.74. The number of rotatable bonds is 5. The molecule has 1 aromatic heterocycles. The van der Waals surface area contributed by atoms with E-state index in [9.17, 15) is 13.2 Å². The van der Waals surface area contributed by atoms with Crippen molar-refractivity contribution in [1.82, 2.24) is 14.9 Å². The quantitative estimate of drug-likeness (QED) is 0.863. The average Bonchev–Trinajstić information content (AvgIpc) is 3.35. The number of sulfonamides is 1. The number of anilines is 1. The molecule has 1 aliphatic carbocycles. The van der Waals surface area contributed by atoms with E-state index in [-0.39, 0.29) is 23.5 Å². The zero-order valence-corrected chi connectivity index (χ0v) is 15.3. The van der Waals surface area contributed by atoms with Crippen molar-refractivity contribution in [3.8, 4) is 0 Å². The van der Waals surface area contributed by atoms with E-state index in [1.54, 1.807) is 0 Å². The summed E-state index contributed by atoms with van der Waals surface area (Å²) in [5, 5.41) is 2.97. The van der Waals surface area contributed by atoms with Gasteiger partial charge in [0.25, 0.3) is 10.0 Å². The van der Waals surface area contributed by atoms with Gasteiger partial charge in [-0.3, -0.25) is 9.10 Å². The Morgan fingerprint density at radius 1 is 1.23 bits per heavy atom. The Morgan fingerprint density at radius 3 is 2.81 bits per heavy atom. The molecule has 1 fully saturated rings. The summed E-state index contributed by atoms with van der Waals surface area (Å²) in [5.41, 5.74) is 1.73. The van der Waals surface area contributed by atoms with Gasteiger partial charge in [-0.1, -0.05) is 31.0 Å². The number of hydrogen-bond acceptors (Lipinski definition) is 4. The molecule has 8 heteroatoms. The van der Waals surface area contributed by atoms with Crippen molar-refractivity contribution in [3.63, 3.8) is 0 Å². The molecule has 1 N–H and O–H groups in total. The second kappa shape index (κ2) is 6.75. The standard InChI is InChI=1S/C18H22N4O3S/c23-17(20-15-6-2-3-7-15)11-21-12-18(19-13-21)26(24,25)22-10-9-14-5-1-4-8-16(14)22/h1,4-5,8,12-13,15H,2-3,6-7,9-11H2,(H,20,23). The first-order chi connectivity index (χ1) is 12.5. The Bertz CT molecular complexity index is 916. The van der Waals surface area contributed by atoms with Crippen LogP contribution < -0.4 is 9.62 Å². The fraction of sp³-hybridized carbons (Fsp3) is 0.444. The van der Waals surface area contributed by atoms with E-state index in [0.29, 0.717) is 18.7 Å². The molecule has 2 aliphatic rings. The number of benzene rings is 1. The lowest BCUT2D eigenvalue weighted by molar-refractivity contribution is -0.122. The number of amides is 1. The number of carbonyl (C=O) groups is 1. The van der Waals surface area contributed by atoms with Gasteiger partial charge in [0.05, 0.1) is 12.0 Å². The predicted molar refractivity (Wildman–Crippen MR) is 97.3 cm³/mol. The van der Waals surface area contributed by atoms with E-state index in [0.717, 1.165) is 31.2 Å². The molecule has 1 amide bonds. The third-order valence-electron chi connectivity index (χ3n) is 5.05. The maximum absolute atomic E-state index is 12.9. The molecule has 2 aromatic rings. The summed E-state index contributed by atoms with van der Waals surface area (Å²) in [6, 6.07) is 7.74. The first-order valence-corrected chi connectivity index (χ1v) is 10.4. The first kappa shape index (κ1) is 17.1. The molecule has 0 atom stereocenters. The Labute approximate surface area is 153 Å². The summed E-state index contributed by atoms with van der Waals surface area (Å²) in [4.78, 5) is 16.2. The fourth-order valence-corrected chi connectivity index (χ4v) is 5.18. The Morgan fingerprint density at radius 2 is 2.00 bits per heavy atom. The van der Waals surface area contributed by atoms with Crippen LogP contribution in [0, 0.1) is 0 Å². The first-order valence-electron chi connectivity index (χ1n) is 8.96. The molecule has 0 saturated heterocycles. The van der Waals surface area contributed by atoms with Crippen LogP contribution in [0.4, 0.5) is 5.69 Å². The van der Waals surface area contributed by atoms with Crippen LogP contribution in [-0.4, -0.2) is 36.5 Å². The highest BCUT2D eigenvalue weighted by Gasteiger charge is 2.32. The lowest BCUT2D eigenvalue weighted by atomic mass is 10.2. The van der Waals surface area contributed by atoms with Gasteiger partial charge < -0.3 is 9.88 Å². The molecule has 2 heterocycles. The van der Waals surface area contributed by atoms with Gasteiger partial charge in [-0.2, -0.15) is 8.42 Å². The van der Waals surface area contributed by atoms with Crippen LogP contribution >= 0.6 is 0 Å². The highest BCUT2D eigenvalue weighted by atomic mass is 32.2. The highest BCUT2D eigenvalue weighted by Crippen LogP contribution is 2.32. The molecule has 0 radical (unpaired) electrons. The average molecular weight is 374 g/mol. The molecule has 0 unspecified atom stereocenters. The zero-order valence-electron chi connectivity index (χ0n) is 14.5. The minimum Gasteiger partial charge on any atom is -0.352 e. The van der Waals surface area contributed by atoms with Gasteiger partial charge in [0.2, 0.25) is 5.91 Å². The maximum Gasteiger partial charge on any atom is 0.283 e. The van der Waals surface area contributed by atoms with Crippen LogP contribution in [0.5, 0.6) is 0 Å². The molecular formula is C18H22N4O3S. The third kappa shape index (κ3) is 3.21. The van der Waals surface area contributed by atoms with Gasteiger partial charge >= 0.3 is 0 Å². The number of nitrogens with zero attached hydrogens (tertiary/aromatic N) is 3. The number of carbonyl (C=O) groups excluding carboxylic acids is 1. The molecule has 0 bridgehead atoms. The van der Waals surface area contributed by atoms with Gasteiger partial charge in [-0.05, 0) is 30.9 Å². The highest BCUT2D eigenvalue weighted by molar-refractivity contribution is 7.92. The number of aromatic nitrogens is 2. The Kier molecular flexibility index (Phi) is 4.44. The molecule has 1 saturated carbocycles. The Balaban J connectivity index is 1.48. The molecule has 1 aliphatic heterocycles. The van der Waals surface area contributed by atoms with E-state index in [4.69, 9.17) is 0 Å². The van der Waals surface area contributed by atoms with Crippen LogP contribution in [0.15, 0.2) is 41.8 Å². The SMILES string of the molecule is O=C(Cn1cnc(S(=O)(=O)N2CCc3ccccc32)c1)NC1CCCC1. The van der Waals surface area contributed by atoms with E-state index in [1.807, 2.05) is 24.3 Å². The monoisotopic (exact) mass is 374 g/mol.